The highest BCUT2D eigenvalue weighted by atomic mass is 32.2. The molecule has 0 aliphatic rings. The van der Waals surface area contributed by atoms with Gasteiger partial charge in [0.2, 0.25) is 0 Å². The molecule has 2 heterocycles. The normalized spacial score (nSPS) is 11.4. The average molecular weight is 281 g/mol. The lowest BCUT2D eigenvalue weighted by atomic mass is 10.3. The molecule has 0 bridgehead atoms. The summed E-state index contributed by atoms with van der Waals surface area (Å²) >= 11 is 0. The van der Waals surface area contributed by atoms with Crippen LogP contribution in [-0.4, -0.2) is 33.8 Å². The van der Waals surface area contributed by atoms with Crippen LogP contribution in [0.5, 0.6) is 0 Å². The lowest BCUT2D eigenvalue weighted by molar-refractivity contribution is -0.753. The van der Waals surface area contributed by atoms with E-state index < -0.39 is 10.1 Å². The summed E-state index contributed by atoms with van der Waals surface area (Å²) in [6.45, 7) is 0.412. The molecule has 0 unspecified atom stereocenters. The number of nitrogens with zero attached hydrogens (tertiary/aromatic N) is 4. The zero-order valence-electron chi connectivity index (χ0n) is 10.0. The third-order valence-corrected chi connectivity index (χ3v) is 3.19. The minimum atomic E-state index is -3.91. The molecule has 0 fully saturated rings. The van der Waals surface area contributed by atoms with Gasteiger partial charge in [-0.1, -0.05) is 4.68 Å². The van der Waals surface area contributed by atoms with Crippen molar-refractivity contribution in [3.63, 3.8) is 0 Å². The summed E-state index contributed by atoms with van der Waals surface area (Å²) in [6.07, 6.45) is 6.93. The number of hydrogen-bond acceptors (Lipinski definition) is 5. The maximum absolute atomic E-state index is 10.6. The highest BCUT2D eigenvalue weighted by molar-refractivity contribution is 7.85. The summed E-state index contributed by atoms with van der Waals surface area (Å²) in [5.41, 5.74) is 0.784. The van der Waals surface area contributed by atoms with Crippen molar-refractivity contribution in [3.05, 3.63) is 36.9 Å². The van der Waals surface area contributed by atoms with Gasteiger partial charge in [0, 0.05) is 30.4 Å². The highest BCUT2D eigenvalue weighted by Crippen LogP contribution is 2.09. The Kier molecular flexibility index (Phi) is 4.13. The number of hydrogen-bond donors (Lipinski definition) is 1. The smallest absolute Gasteiger partial charge is 0.265 e. The monoisotopic (exact) mass is 281 g/mol. The van der Waals surface area contributed by atoms with Gasteiger partial charge in [-0.3, -0.25) is 4.55 Å². The molecule has 0 amide bonds. The van der Waals surface area contributed by atoms with E-state index in [1.54, 1.807) is 41.6 Å². The molecule has 0 saturated carbocycles. The number of aryl methyl sites for hydroxylation is 1. The van der Waals surface area contributed by atoms with Gasteiger partial charge in [0.1, 0.15) is 6.20 Å². The molecular weight excluding hydrogens is 268 g/mol. The Balaban J connectivity index is 1.99. The van der Waals surface area contributed by atoms with Gasteiger partial charge < -0.3 is 0 Å². The van der Waals surface area contributed by atoms with Crippen LogP contribution in [0.3, 0.4) is 0 Å². The van der Waals surface area contributed by atoms with Gasteiger partial charge in [0.25, 0.3) is 10.1 Å². The fourth-order valence-electron chi connectivity index (χ4n) is 1.51. The predicted octanol–water partition coefficient (Wildman–Crippen LogP) is 0.104. The summed E-state index contributed by atoms with van der Waals surface area (Å²) in [6, 6.07) is 3.53. The van der Waals surface area contributed by atoms with E-state index >= 15 is 0 Å². The van der Waals surface area contributed by atoms with Crippen molar-refractivity contribution in [3.8, 4) is 11.4 Å². The molecule has 100 valence electrons. The summed E-state index contributed by atoms with van der Waals surface area (Å²) in [5.74, 6) is 0.311. The maximum Gasteiger partial charge on any atom is 0.265 e. The molecule has 7 nitrogen and oxygen atoms in total. The van der Waals surface area contributed by atoms with Crippen LogP contribution in [0.4, 0.5) is 0 Å². The van der Waals surface area contributed by atoms with Crippen molar-refractivity contribution in [2.24, 2.45) is 0 Å². The van der Waals surface area contributed by atoms with Crippen LogP contribution in [0.2, 0.25) is 0 Å². The second-order valence-corrected chi connectivity index (χ2v) is 5.46. The first-order valence-electron chi connectivity index (χ1n) is 5.63. The molecule has 0 aliphatic heterocycles. The van der Waals surface area contributed by atoms with E-state index in [2.05, 4.69) is 15.1 Å². The Morgan fingerprint density at radius 2 is 2.00 bits per heavy atom. The molecule has 0 aromatic carbocycles. The molecule has 0 aliphatic carbocycles. The zero-order valence-corrected chi connectivity index (χ0v) is 10.9. The van der Waals surface area contributed by atoms with Gasteiger partial charge in [-0.05, 0) is 11.2 Å². The van der Waals surface area contributed by atoms with Crippen LogP contribution in [0.15, 0.2) is 36.9 Å². The lowest BCUT2D eigenvalue weighted by Crippen LogP contribution is -2.38. The minimum absolute atomic E-state index is 0.273. The van der Waals surface area contributed by atoms with Crippen LogP contribution in [0.25, 0.3) is 11.4 Å². The topological polar surface area (TPSA) is 96.9 Å². The molecule has 1 N–H and O–H groups in total. The Morgan fingerprint density at radius 1 is 1.26 bits per heavy atom. The van der Waals surface area contributed by atoms with Gasteiger partial charge in [-0.25, -0.2) is 9.97 Å². The SMILES string of the molecule is O=S(=O)(O)CCC[n+]1ccc(-c2ncccn2)cn1. The standard InChI is InChI=1S/C11H12N4O3S/c16-19(17,18)8-2-6-15-7-3-10(9-14-15)11-12-4-1-5-13-11/h1,3-5,7,9H,2,6,8H2/p+1. The van der Waals surface area contributed by atoms with Gasteiger partial charge in [-0.2, -0.15) is 8.42 Å². The molecule has 2 rings (SSSR count). The molecule has 0 spiro atoms. The third kappa shape index (κ3) is 4.34. The van der Waals surface area contributed by atoms with Gasteiger partial charge in [-0.15, -0.1) is 0 Å². The second-order valence-electron chi connectivity index (χ2n) is 3.89. The minimum Gasteiger partial charge on any atom is -0.286 e. The Bertz CT molecular complexity index is 629. The molecule has 0 radical (unpaired) electrons. The van der Waals surface area contributed by atoms with Crippen molar-refractivity contribution in [2.75, 3.05) is 5.75 Å². The van der Waals surface area contributed by atoms with Crippen molar-refractivity contribution in [2.45, 2.75) is 13.0 Å². The molecular formula is C11H13N4O3S+. The van der Waals surface area contributed by atoms with Crippen LogP contribution < -0.4 is 4.68 Å². The summed E-state index contributed by atoms with van der Waals surface area (Å²) < 4.78 is 31.3. The summed E-state index contributed by atoms with van der Waals surface area (Å²) in [7, 11) is -3.91. The predicted molar refractivity (Wildman–Crippen MR) is 66.5 cm³/mol. The lowest BCUT2D eigenvalue weighted by Gasteiger charge is -1.97. The molecule has 19 heavy (non-hydrogen) atoms. The van der Waals surface area contributed by atoms with Gasteiger partial charge in [0.05, 0.1) is 5.75 Å². The average Bonchev–Trinajstić information content (AvgIpc) is 2.39. The zero-order chi connectivity index (χ0) is 13.7. The first-order chi connectivity index (χ1) is 9.04. The van der Waals surface area contributed by atoms with Crippen molar-refractivity contribution in [1.82, 2.24) is 15.1 Å². The van der Waals surface area contributed by atoms with Crippen molar-refractivity contribution < 1.29 is 17.7 Å². The molecule has 2 aromatic heterocycles. The number of rotatable bonds is 5. The van der Waals surface area contributed by atoms with E-state index in [4.69, 9.17) is 4.55 Å². The van der Waals surface area contributed by atoms with Crippen LogP contribution in [0.1, 0.15) is 6.42 Å². The van der Waals surface area contributed by atoms with E-state index in [-0.39, 0.29) is 5.75 Å². The Labute approximate surface area is 110 Å². The van der Waals surface area contributed by atoms with E-state index in [1.165, 1.54) is 0 Å². The third-order valence-electron chi connectivity index (χ3n) is 2.38. The quantitative estimate of drug-likeness (QED) is 0.617. The van der Waals surface area contributed by atoms with E-state index in [9.17, 15) is 8.42 Å². The van der Waals surface area contributed by atoms with Gasteiger partial charge in [0.15, 0.2) is 18.6 Å². The maximum atomic E-state index is 10.6. The van der Waals surface area contributed by atoms with Crippen molar-refractivity contribution >= 4 is 10.1 Å². The fraction of sp³-hybridized carbons (Fsp3) is 0.273. The summed E-state index contributed by atoms with van der Waals surface area (Å²) in [5, 5.41) is 4.13. The second kappa shape index (κ2) is 5.81. The van der Waals surface area contributed by atoms with Crippen LogP contribution >= 0.6 is 0 Å². The first-order valence-corrected chi connectivity index (χ1v) is 7.24. The van der Waals surface area contributed by atoms with E-state index in [1.807, 2.05) is 0 Å². The van der Waals surface area contributed by atoms with E-state index in [0.29, 0.717) is 18.8 Å². The molecule has 8 heteroatoms. The number of aromatic nitrogens is 4. The first kappa shape index (κ1) is 13.5. The molecule has 0 atom stereocenters. The molecule has 2 aromatic rings. The highest BCUT2D eigenvalue weighted by Gasteiger charge is 2.09. The van der Waals surface area contributed by atoms with Gasteiger partial charge >= 0.3 is 0 Å². The largest absolute Gasteiger partial charge is 0.286 e. The fourth-order valence-corrected chi connectivity index (χ4v) is 2.00. The van der Waals surface area contributed by atoms with E-state index in [0.717, 1.165) is 5.56 Å². The van der Waals surface area contributed by atoms with Crippen LogP contribution in [-0.2, 0) is 16.7 Å². The van der Waals surface area contributed by atoms with Crippen LogP contribution in [0, 0.1) is 0 Å². The Morgan fingerprint density at radius 3 is 2.58 bits per heavy atom. The Hall–Kier alpha value is -1.93. The molecule has 0 saturated heterocycles. The summed E-state index contributed by atoms with van der Waals surface area (Å²) in [4.78, 5) is 8.20. The van der Waals surface area contributed by atoms with Crippen molar-refractivity contribution in [1.29, 1.82) is 0 Å².